The van der Waals surface area contributed by atoms with Crippen LogP contribution in [-0.4, -0.2) is 15.7 Å². The summed E-state index contributed by atoms with van der Waals surface area (Å²) < 4.78 is 1.91. The Balaban J connectivity index is 1.71. The number of hydrogen-bond donors (Lipinski definition) is 1. The summed E-state index contributed by atoms with van der Waals surface area (Å²) in [6, 6.07) is 18.1. The lowest BCUT2D eigenvalue weighted by Gasteiger charge is -2.17. The van der Waals surface area contributed by atoms with Crippen molar-refractivity contribution >= 4 is 23.5 Å². The Morgan fingerprint density at radius 3 is 2.63 bits per heavy atom. The molecule has 1 aliphatic heterocycles. The van der Waals surface area contributed by atoms with E-state index in [9.17, 15) is 4.79 Å². The van der Waals surface area contributed by atoms with Gasteiger partial charge in [-0.1, -0.05) is 55.5 Å². The van der Waals surface area contributed by atoms with Gasteiger partial charge in [0, 0.05) is 17.1 Å². The zero-order valence-electron chi connectivity index (χ0n) is 15.6. The number of fused-ring (bicyclic) bond motifs is 1. The molecule has 0 aliphatic carbocycles. The Morgan fingerprint density at radius 1 is 1.15 bits per heavy atom. The van der Waals surface area contributed by atoms with Gasteiger partial charge >= 0.3 is 0 Å². The first-order valence-corrected chi connectivity index (χ1v) is 10.4. The van der Waals surface area contributed by atoms with Gasteiger partial charge in [-0.05, 0) is 30.5 Å². The minimum atomic E-state index is -0.170. The topological polar surface area (TPSA) is 46.9 Å². The zero-order chi connectivity index (χ0) is 18.8. The predicted octanol–water partition coefficient (Wildman–Crippen LogP) is 5.06. The van der Waals surface area contributed by atoms with Crippen molar-refractivity contribution in [3.05, 3.63) is 77.0 Å². The largest absolute Gasteiger partial charge is 0.310 e. The van der Waals surface area contributed by atoms with Crippen molar-refractivity contribution < 1.29 is 4.79 Å². The summed E-state index contributed by atoms with van der Waals surface area (Å²) in [7, 11) is 0. The summed E-state index contributed by atoms with van der Waals surface area (Å²) in [4.78, 5) is 13.2. The molecule has 1 amide bonds. The fourth-order valence-corrected chi connectivity index (χ4v) is 4.61. The van der Waals surface area contributed by atoms with Gasteiger partial charge in [0.05, 0.1) is 17.3 Å². The van der Waals surface area contributed by atoms with Gasteiger partial charge in [-0.3, -0.25) is 4.79 Å². The molecule has 0 unspecified atom stereocenters. The molecule has 4 rings (SSSR count). The number of aryl methyl sites for hydroxylation is 1. The van der Waals surface area contributed by atoms with Crippen molar-refractivity contribution in [3.63, 3.8) is 0 Å². The van der Waals surface area contributed by atoms with Crippen LogP contribution in [0.5, 0.6) is 0 Å². The maximum Gasteiger partial charge on any atom is 0.233 e. The lowest BCUT2D eigenvalue weighted by molar-refractivity contribution is -0.117. The van der Waals surface area contributed by atoms with Crippen LogP contribution in [0.3, 0.4) is 0 Å². The molecule has 1 aliphatic rings. The van der Waals surface area contributed by atoms with E-state index >= 15 is 0 Å². The number of nitrogens with one attached hydrogen (secondary N) is 1. The van der Waals surface area contributed by atoms with E-state index in [0.29, 0.717) is 0 Å². The van der Waals surface area contributed by atoms with Crippen LogP contribution in [-0.2, 0) is 16.3 Å². The number of para-hydroxylation sites is 1. The molecule has 2 heterocycles. The molecule has 0 radical (unpaired) electrons. The molecule has 1 atom stereocenters. The van der Waals surface area contributed by atoms with Crippen molar-refractivity contribution in [2.24, 2.45) is 0 Å². The third kappa shape index (κ3) is 3.39. The molecule has 0 bridgehead atoms. The Kier molecular flexibility index (Phi) is 5.03. The quantitative estimate of drug-likeness (QED) is 0.676. The second kappa shape index (κ2) is 7.61. The van der Waals surface area contributed by atoms with Crippen molar-refractivity contribution in [2.45, 2.75) is 37.7 Å². The van der Waals surface area contributed by atoms with Crippen LogP contribution in [0.15, 0.2) is 54.6 Å². The van der Waals surface area contributed by atoms with E-state index in [1.165, 1.54) is 0 Å². The lowest BCUT2D eigenvalue weighted by Crippen LogP contribution is -2.23. The van der Waals surface area contributed by atoms with Gasteiger partial charge in [0.15, 0.2) is 0 Å². The number of rotatable bonds is 5. The van der Waals surface area contributed by atoms with E-state index in [1.54, 1.807) is 0 Å². The number of benzene rings is 2. The number of amides is 1. The average molecular weight is 378 g/mol. The van der Waals surface area contributed by atoms with Crippen molar-refractivity contribution in [1.82, 2.24) is 9.78 Å². The first kappa shape index (κ1) is 17.9. The Labute approximate surface area is 164 Å². The zero-order valence-corrected chi connectivity index (χ0v) is 16.4. The standard InChI is InChI=1S/C22H23N3OS/c1-3-17(16-10-5-4-6-11-16)22(26)23-21-18-13-27-14-19(18)24-25(21)20-12-8-7-9-15(20)2/h4-12,17H,3,13-14H2,1-2H3,(H,23,26)/t17-/m1/s1. The third-order valence-electron chi connectivity index (χ3n) is 5.06. The molecule has 27 heavy (non-hydrogen) atoms. The molecule has 4 nitrogen and oxygen atoms in total. The Morgan fingerprint density at radius 2 is 1.89 bits per heavy atom. The molecule has 2 aromatic carbocycles. The highest BCUT2D eigenvalue weighted by atomic mass is 32.2. The van der Waals surface area contributed by atoms with E-state index in [4.69, 9.17) is 5.10 Å². The average Bonchev–Trinajstić information content (AvgIpc) is 3.26. The van der Waals surface area contributed by atoms with E-state index in [0.717, 1.165) is 51.8 Å². The van der Waals surface area contributed by atoms with Crippen LogP contribution in [0.1, 0.15) is 41.6 Å². The lowest BCUT2D eigenvalue weighted by atomic mass is 9.95. The second-order valence-electron chi connectivity index (χ2n) is 6.83. The predicted molar refractivity (Wildman–Crippen MR) is 111 cm³/mol. The minimum Gasteiger partial charge on any atom is -0.310 e. The molecule has 0 spiro atoms. The highest BCUT2D eigenvalue weighted by Crippen LogP contribution is 2.37. The van der Waals surface area contributed by atoms with Crippen LogP contribution < -0.4 is 5.32 Å². The smallest absolute Gasteiger partial charge is 0.233 e. The number of aromatic nitrogens is 2. The fraction of sp³-hybridized carbons (Fsp3) is 0.273. The van der Waals surface area contributed by atoms with Crippen LogP contribution >= 0.6 is 11.8 Å². The van der Waals surface area contributed by atoms with Gasteiger partial charge in [0.1, 0.15) is 5.82 Å². The molecule has 1 aromatic heterocycles. The summed E-state index contributed by atoms with van der Waals surface area (Å²) in [6.07, 6.45) is 0.755. The number of carbonyl (C=O) groups excluding carboxylic acids is 1. The first-order valence-electron chi connectivity index (χ1n) is 9.29. The highest BCUT2D eigenvalue weighted by molar-refractivity contribution is 7.98. The van der Waals surface area contributed by atoms with E-state index in [1.807, 2.05) is 58.9 Å². The maximum atomic E-state index is 13.2. The van der Waals surface area contributed by atoms with E-state index < -0.39 is 0 Å². The molecule has 3 aromatic rings. The monoisotopic (exact) mass is 377 g/mol. The highest BCUT2D eigenvalue weighted by Gasteiger charge is 2.27. The summed E-state index contributed by atoms with van der Waals surface area (Å²) in [5.41, 5.74) is 5.42. The first-order chi connectivity index (χ1) is 13.2. The SMILES string of the molecule is CC[C@@H](C(=O)Nc1c2c(nn1-c1ccccc1C)CSC2)c1ccccc1. The number of anilines is 1. The molecule has 0 saturated heterocycles. The Bertz CT molecular complexity index is 965. The minimum absolute atomic E-state index is 0.0261. The summed E-state index contributed by atoms with van der Waals surface area (Å²) in [6.45, 7) is 4.12. The number of carbonyl (C=O) groups is 1. The Hall–Kier alpha value is -2.53. The van der Waals surface area contributed by atoms with Gasteiger partial charge in [-0.25, -0.2) is 4.68 Å². The van der Waals surface area contributed by atoms with Crippen molar-refractivity contribution in [1.29, 1.82) is 0 Å². The molecule has 0 saturated carbocycles. The number of thioether (sulfide) groups is 1. The molecule has 1 N–H and O–H groups in total. The number of hydrogen-bond acceptors (Lipinski definition) is 3. The van der Waals surface area contributed by atoms with E-state index in [2.05, 4.69) is 31.3 Å². The third-order valence-corrected chi connectivity index (χ3v) is 6.03. The van der Waals surface area contributed by atoms with Gasteiger partial charge in [0.2, 0.25) is 5.91 Å². The fourth-order valence-electron chi connectivity index (χ4n) is 3.58. The van der Waals surface area contributed by atoms with Gasteiger partial charge in [0.25, 0.3) is 0 Å². The maximum absolute atomic E-state index is 13.2. The van der Waals surface area contributed by atoms with Crippen molar-refractivity contribution in [2.75, 3.05) is 5.32 Å². The van der Waals surface area contributed by atoms with Gasteiger partial charge in [-0.15, -0.1) is 0 Å². The molecule has 5 heteroatoms. The van der Waals surface area contributed by atoms with Gasteiger partial charge < -0.3 is 5.32 Å². The normalized spacial score (nSPS) is 14.0. The van der Waals surface area contributed by atoms with E-state index in [-0.39, 0.29) is 11.8 Å². The number of nitrogens with zero attached hydrogens (tertiary/aromatic N) is 2. The van der Waals surface area contributed by atoms with Crippen molar-refractivity contribution in [3.8, 4) is 5.69 Å². The summed E-state index contributed by atoms with van der Waals surface area (Å²) in [5.74, 6) is 2.46. The van der Waals surface area contributed by atoms with Crippen LogP contribution in [0.25, 0.3) is 5.69 Å². The van der Waals surface area contributed by atoms with Crippen LogP contribution in [0.2, 0.25) is 0 Å². The summed E-state index contributed by atoms with van der Waals surface area (Å²) in [5, 5.41) is 8.03. The molecular weight excluding hydrogens is 354 g/mol. The van der Waals surface area contributed by atoms with Crippen LogP contribution in [0.4, 0.5) is 5.82 Å². The summed E-state index contributed by atoms with van der Waals surface area (Å²) >= 11 is 1.84. The molecule has 138 valence electrons. The molecular formula is C22H23N3OS. The van der Waals surface area contributed by atoms with Gasteiger partial charge in [-0.2, -0.15) is 16.9 Å². The second-order valence-corrected chi connectivity index (χ2v) is 7.81. The molecule has 0 fully saturated rings. The van der Waals surface area contributed by atoms with Crippen LogP contribution in [0, 0.1) is 6.92 Å².